The number of hydrogen-bond donors (Lipinski definition) is 0. The van der Waals surface area contributed by atoms with Crippen LogP contribution in [0.5, 0.6) is 11.5 Å². The Balaban J connectivity index is 1.56. The number of likely N-dealkylation sites (N-methyl/N-ethyl adjacent to an activating group) is 1. The van der Waals surface area contributed by atoms with Crippen molar-refractivity contribution in [2.75, 3.05) is 33.0 Å². The largest absolute Gasteiger partial charge is 0.454 e. The Morgan fingerprint density at radius 1 is 1.07 bits per heavy atom. The zero-order valence-corrected chi connectivity index (χ0v) is 16.7. The average Bonchev–Trinajstić information content (AvgIpc) is 3.20. The van der Waals surface area contributed by atoms with Crippen molar-refractivity contribution in [2.45, 2.75) is 13.5 Å². The molecule has 6 nitrogen and oxygen atoms in total. The first kappa shape index (κ1) is 18.8. The molecule has 0 spiro atoms. The van der Waals surface area contributed by atoms with Crippen LogP contribution < -0.4 is 9.47 Å². The number of pyridine rings is 1. The van der Waals surface area contributed by atoms with Crippen LogP contribution in [-0.2, 0) is 11.3 Å². The van der Waals surface area contributed by atoms with Crippen LogP contribution in [0.15, 0.2) is 42.5 Å². The van der Waals surface area contributed by atoms with Crippen molar-refractivity contribution in [3.05, 3.63) is 53.8 Å². The van der Waals surface area contributed by atoms with Crippen molar-refractivity contribution in [3.63, 3.8) is 0 Å². The molecule has 2 aliphatic rings. The lowest BCUT2D eigenvalue weighted by molar-refractivity contribution is -0.135. The quantitative estimate of drug-likeness (QED) is 0.663. The predicted octanol–water partition coefficient (Wildman–Crippen LogP) is 3.43. The topological polar surface area (TPSA) is 54.9 Å². The van der Waals surface area contributed by atoms with Gasteiger partial charge in [-0.15, -0.1) is 0 Å². The highest BCUT2D eigenvalue weighted by atomic mass is 19.1. The van der Waals surface area contributed by atoms with Gasteiger partial charge in [0.1, 0.15) is 5.82 Å². The molecule has 0 radical (unpaired) electrons. The lowest BCUT2D eigenvalue weighted by atomic mass is 10.0. The molecule has 3 aromatic rings. The van der Waals surface area contributed by atoms with Crippen LogP contribution in [0.25, 0.3) is 22.2 Å². The Morgan fingerprint density at radius 2 is 1.83 bits per heavy atom. The first-order valence-electron chi connectivity index (χ1n) is 10.1. The minimum atomic E-state index is -0.286. The third-order valence-corrected chi connectivity index (χ3v) is 5.68. The number of hydrogen-bond acceptors (Lipinski definition) is 5. The fourth-order valence-electron chi connectivity index (χ4n) is 4.05. The van der Waals surface area contributed by atoms with Crippen LogP contribution in [0.1, 0.15) is 12.5 Å². The molecular formula is C23H22FN3O3. The fourth-order valence-corrected chi connectivity index (χ4v) is 4.05. The van der Waals surface area contributed by atoms with E-state index in [1.54, 1.807) is 12.1 Å². The maximum absolute atomic E-state index is 13.5. The van der Waals surface area contributed by atoms with Crippen LogP contribution in [0, 0.1) is 5.82 Å². The molecule has 154 valence electrons. The van der Waals surface area contributed by atoms with E-state index in [2.05, 4.69) is 11.0 Å². The summed E-state index contributed by atoms with van der Waals surface area (Å²) >= 11 is 0. The van der Waals surface area contributed by atoms with E-state index < -0.39 is 0 Å². The standard InChI is InChI=1S/C23H22FN3O3/c1-2-27-8-7-26(13-22(27)28)12-17-9-16-10-20-21(30-14-29-20)11-19(16)25-23(17)15-3-5-18(24)6-4-15/h3-6,9-11H,2,7-8,12-14H2,1H3. The van der Waals surface area contributed by atoms with Gasteiger partial charge in [-0.1, -0.05) is 0 Å². The molecule has 5 rings (SSSR count). The Morgan fingerprint density at radius 3 is 2.57 bits per heavy atom. The molecule has 1 amide bonds. The van der Waals surface area contributed by atoms with E-state index in [0.29, 0.717) is 24.6 Å². The Bertz CT molecular complexity index is 1120. The molecule has 30 heavy (non-hydrogen) atoms. The molecular weight excluding hydrogens is 385 g/mol. The molecule has 0 saturated carbocycles. The van der Waals surface area contributed by atoms with Crippen molar-refractivity contribution < 1.29 is 18.7 Å². The normalized spacial score (nSPS) is 16.5. The zero-order chi connectivity index (χ0) is 20.7. The molecule has 1 saturated heterocycles. The summed E-state index contributed by atoms with van der Waals surface area (Å²) in [6.45, 7) is 5.44. The number of aromatic nitrogens is 1. The van der Waals surface area contributed by atoms with Crippen molar-refractivity contribution in [1.82, 2.24) is 14.8 Å². The number of rotatable bonds is 4. The molecule has 0 bridgehead atoms. The number of benzene rings is 2. The van der Waals surface area contributed by atoms with Gasteiger partial charge in [0, 0.05) is 43.2 Å². The van der Waals surface area contributed by atoms with Crippen LogP contribution >= 0.6 is 0 Å². The van der Waals surface area contributed by atoms with Gasteiger partial charge in [0.05, 0.1) is 17.8 Å². The highest BCUT2D eigenvalue weighted by Crippen LogP contribution is 2.37. The van der Waals surface area contributed by atoms with Gasteiger partial charge in [-0.2, -0.15) is 0 Å². The summed E-state index contributed by atoms with van der Waals surface area (Å²) in [6, 6.07) is 12.2. The van der Waals surface area contributed by atoms with Gasteiger partial charge in [-0.25, -0.2) is 9.37 Å². The van der Waals surface area contributed by atoms with E-state index in [9.17, 15) is 9.18 Å². The van der Waals surface area contributed by atoms with Crippen LogP contribution in [0.3, 0.4) is 0 Å². The van der Waals surface area contributed by atoms with E-state index in [0.717, 1.165) is 47.4 Å². The van der Waals surface area contributed by atoms with Gasteiger partial charge in [0.15, 0.2) is 11.5 Å². The number of fused-ring (bicyclic) bond motifs is 2. The molecule has 1 fully saturated rings. The average molecular weight is 407 g/mol. The third-order valence-electron chi connectivity index (χ3n) is 5.68. The molecule has 0 unspecified atom stereocenters. The number of piperazine rings is 1. The van der Waals surface area contributed by atoms with Gasteiger partial charge in [0.25, 0.3) is 0 Å². The van der Waals surface area contributed by atoms with E-state index in [4.69, 9.17) is 14.5 Å². The zero-order valence-electron chi connectivity index (χ0n) is 16.7. The van der Waals surface area contributed by atoms with Crippen molar-refractivity contribution in [1.29, 1.82) is 0 Å². The summed E-state index contributed by atoms with van der Waals surface area (Å²) in [6.07, 6.45) is 0. The van der Waals surface area contributed by atoms with Crippen LogP contribution in [0.4, 0.5) is 4.39 Å². The monoisotopic (exact) mass is 407 g/mol. The number of amides is 1. The first-order chi connectivity index (χ1) is 14.6. The molecule has 0 N–H and O–H groups in total. The van der Waals surface area contributed by atoms with Gasteiger partial charge < -0.3 is 14.4 Å². The van der Waals surface area contributed by atoms with Gasteiger partial charge in [-0.05, 0) is 48.9 Å². The summed E-state index contributed by atoms with van der Waals surface area (Å²) in [5, 5.41) is 0.943. The molecule has 7 heteroatoms. The van der Waals surface area contributed by atoms with Crippen molar-refractivity contribution in [3.8, 4) is 22.8 Å². The van der Waals surface area contributed by atoms with E-state index >= 15 is 0 Å². The smallest absolute Gasteiger partial charge is 0.236 e. The fraction of sp³-hybridized carbons (Fsp3) is 0.304. The SMILES string of the molecule is CCN1CCN(Cc2cc3cc4c(cc3nc2-c2ccc(F)cc2)OCO4)CC1=O. The molecule has 2 aromatic carbocycles. The number of carbonyl (C=O) groups is 1. The summed E-state index contributed by atoms with van der Waals surface area (Å²) in [5.41, 5.74) is 3.40. The Labute approximate surface area is 173 Å². The van der Waals surface area contributed by atoms with Gasteiger partial charge in [0.2, 0.25) is 12.7 Å². The summed E-state index contributed by atoms with van der Waals surface area (Å²) in [7, 11) is 0. The number of ether oxygens (including phenoxy) is 2. The number of carbonyl (C=O) groups excluding carboxylic acids is 1. The van der Waals surface area contributed by atoms with Crippen molar-refractivity contribution in [2.24, 2.45) is 0 Å². The second-order valence-corrected chi connectivity index (χ2v) is 7.59. The van der Waals surface area contributed by atoms with Gasteiger partial charge in [-0.3, -0.25) is 9.69 Å². The molecule has 0 atom stereocenters. The third kappa shape index (κ3) is 3.45. The molecule has 2 aliphatic heterocycles. The Hall–Kier alpha value is -3.19. The summed E-state index contributed by atoms with van der Waals surface area (Å²) < 4.78 is 24.5. The highest BCUT2D eigenvalue weighted by molar-refractivity contribution is 5.87. The predicted molar refractivity (Wildman–Crippen MR) is 111 cm³/mol. The number of halogens is 1. The highest BCUT2D eigenvalue weighted by Gasteiger charge is 2.24. The maximum Gasteiger partial charge on any atom is 0.236 e. The van der Waals surface area contributed by atoms with E-state index in [1.807, 2.05) is 24.0 Å². The maximum atomic E-state index is 13.5. The van der Waals surface area contributed by atoms with Crippen LogP contribution in [0.2, 0.25) is 0 Å². The minimum Gasteiger partial charge on any atom is -0.454 e. The van der Waals surface area contributed by atoms with Gasteiger partial charge >= 0.3 is 0 Å². The second-order valence-electron chi connectivity index (χ2n) is 7.59. The minimum absolute atomic E-state index is 0.143. The lowest BCUT2D eigenvalue weighted by Crippen LogP contribution is -2.49. The van der Waals surface area contributed by atoms with E-state index in [1.165, 1.54) is 12.1 Å². The second kappa shape index (κ2) is 7.57. The number of nitrogens with zero attached hydrogens (tertiary/aromatic N) is 3. The summed E-state index contributed by atoms with van der Waals surface area (Å²) in [4.78, 5) is 21.3. The summed E-state index contributed by atoms with van der Waals surface area (Å²) in [5.74, 6) is 1.24. The molecule has 1 aromatic heterocycles. The van der Waals surface area contributed by atoms with Crippen LogP contribution in [-0.4, -0.2) is 53.7 Å². The Kier molecular flexibility index (Phi) is 4.75. The lowest BCUT2D eigenvalue weighted by Gasteiger charge is -2.34. The molecule has 3 heterocycles. The first-order valence-corrected chi connectivity index (χ1v) is 10.1. The van der Waals surface area contributed by atoms with Crippen molar-refractivity contribution >= 4 is 16.8 Å². The molecule has 0 aliphatic carbocycles. The van der Waals surface area contributed by atoms with E-state index in [-0.39, 0.29) is 18.5 Å².